The smallest absolute Gasteiger partial charge is 0.319 e. The lowest BCUT2D eigenvalue weighted by atomic mass is 10.2. The summed E-state index contributed by atoms with van der Waals surface area (Å²) in [7, 11) is 0. The maximum absolute atomic E-state index is 13.2. The van der Waals surface area contributed by atoms with Gasteiger partial charge in [0.2, 0.25) is 11.7 Å². The summed E-state index contributed by atoms with van der Waals surface area (Å²) in [5.74, 6) is -1.61. The number of benzene rings is 2. The SMILES string of the molecule is Cc1cccc(NC(=O)NCC(=O)Nc2ccc(F)c([N+](=O)[O-])c2)c1. The second-order valence-electron chi connectivity index (χ2n) is 5.15. The maximum Gasteiger partial charge on any atom is 0.319 e. The van der Waals surface area contributed by atoms with Gasteiger partial charge in [-0.1, -0.05) is 12.1 Å². The van der Waals surface area contributed by atoms with Crippen molar-refractivity contribution in [2.75, 3.05) is 17.2 Å². The van der Waals surface area contributed by atoms with Crippen LogP contribution in [0.25, 0.3) is 0 Å². The molecule has 9 heteroatoms. The minimum Gasteiger partial charge on any atom is -0.329 e. The van der Waals surface area contributed by atoms with E-state index in [0.717, 1.165) is 17.7 Å². The highest BCUT2D eigenvalue weighted by Gasteiger charge is 2.15. The average Bonchev–Trinajstić information content (AvgIpc) is 2.54. The number of nitrogens with zero attached hydrogens (tertiary/aromatic N) is 1. The van der Waals surface area contributed by atoms with E-state index in [4.69, 9.17) is 0 Å². The highest BCUT2D eigenvalue weighted by Crippen LogP contribution is 2.21. The Balaban J connectivity index is 1.87. The molecule has 0 bridgehead atoms. The third-order valence-corrected chi connectivity index (χ3v) is 3.11. The molecule has 2 aromatic carbocycles. The minimum absolute atomic E-state index is 0.0546. The summed E-state index contributed by atoms with van der Waals surface area (Å²) in [5, 5.41) is 17.9. The summed E-state index contributed by atoms with van der Waals surface area (Å²) in [5.41, 5.74) is 0.849. The van der Waals surface area contributed by atoms with Gasteiger partial charge in [0, 0.05) is 17.4 Å². The van der Waals surface area contributed by atoms with Crippen LogP contribution in [0.3, 0.4) is 0 Å². The Morgan fingerprint density at radius 1 is 1.12 bits per heavy atom. The molecule has 2 rings (SSSR count). The van der Waals surface area contributed by atoms with Crippen molar-refractivity contribution in [3.8, 4) is 0 Å². The van der Waals surface area contributed by atoms with Crippen molar-refractivity contribution in [2.24, 2.45) is 0 Å². The van der Waals surface area contributed by atoms with Crippen LogP contribution in [0.4, 0.5) is 26.2 Å². The Hall–Kier alpha value is -3.49. The van der Waals surface area contributed by atoms with E-state index in [1.165, 1.54) is 6.07 Å². The molecule has 0 spiro atoms. The molecule has 0 aliphatic carbocycles. The van der Waals surface area contributed by atoms with Crippen LogP contribution in [0.2, 0.25) is 0 Å². The zero-order chi connectivity index (χ0) is 18.4. The van der Waals surface area contributed by atoms with E-state index in [1.54, 1.807) is 18.2 Å². The molecule has 3 N–H and O–H groups in total. The lowest BCUT2D eigenvalue weighted by molar-refractivity contribution is -0.387. The van der Waals surface area contributed by atoms with Gasteiger partial charge in [0.25, 0.3) is 0 Å². The van der Waals surface area contributed by atoms with E-state index in [1.807, 2.05) is 13.0 Å². The van der Waals surface area contributed by atoms with E-state index in [-0.39, 0.29) is 12.2 Å². The predicted molar refractivity (Wildman–Crippen MR) is 89.9 cm³/mol. The van der Waals surface area contributed by atoms with Crippen LogP contribution < -0.4 is 16.0 Å². The third kappa shape index (κ3) is 5.27. The van der Waals surface area contributed by atoms with Crippen molar-refractivity contribution in [3.05, 3.63) is 64.0 Å². The average molecular weight is 346 g/mol. The number of rotatable bonds is 5. The number of amides is 3. The van der Waals surface area contributed by atoms with E-state index in [2.05, 4.69) is 16.0 Å². The Kier molecular flexibility index (Phi) is 5.62. The zero-order valence-electron chi connectivity index (χ0n) is 13.2. The van der Waals surface area contributed by atoms with Gasteiger partial charge in [-0.3, -0.25) is 14.9 Å². The molecule has 3 amide bonds. The Labute approximate surface area is 142 Å². The van der Waals surface area contributed by atoms with E-state index in [9.17, 15) is 24.1 Å². The first-order valence-electron chi connectivity index (χ1n) is 7.20. The maximum atomic E-state index is 13.2. The van der Waals surface area contributed by atoms with Crippen molar-refractivity contribution < 1.29 is 18.9 Å². The number of urea groups is 1. The number of hydrogen-bond donors (Lipinski definition) is 3. The van der Waals surface area contributed by atoms with Crippen LogP contribution in [0.1, 0.15) is 5.56 Å². The van der Waals surface area contributed by atoms with Gasteiger partial charge in [-0.05, 0) is 36.8 Å². The molecule has 2 aromatic rings. The lowest BCUT2D eigenvalue weighted by Gasteiger charge is -2.09. The topological polar surface area (TPSA) is 113 Å². The van der Waals surface area contributed by atoms with Crippen molar-refractivity contribution in [2.45, 2.75) is 6.92 Å². The van der Waals surface area contributed by atoms with Gasteiger partial charge in [-0.2, -0.15) is 4.39 Å². The zero-order valence-corrected chi connectivity index (χ0v) is 13.2. The van der Waals surface area contributed by atoms with Gasteiger partial charge in [0.1, 0.15) is 0 Å². The fourth-order valence-corrected chi connectivity index (χ4v) is 1.99. The second kappa shape index (κ2) is 7.86. The van der Waals surface area contributed by atoms with Gasteiger partial charge in [-0.15, -0.1) is 0 Å². The van der Waals surface area contributed by atoms with Gasteiger partial charge < -0.3 is 16.0 Å². The number of hydrogen-bond acceptors (Lipinski definition) is 4. The van der Waals surface area contributed by atoms with E-state index < -0.39 is 28.4 Å². The van der Waals surface area contributed by atoms with Crippen LogP contribution in [0.5, 0.6) is 0 Å². The standard InChI is InChI=1S/C16H15FN4O4/c1-10-3-2-4-11(7-10)20-16(23)18-9-15(22)19-12-5-6-13(17)14(8-12)21(24)25/h2-8H,9H2,1H3,(H,19,22)(H2,18,20,23). The van der Waals surface area contributed by atoms with Crippen molar-refractivity contribution in [3.63, 3.8) is 0 Å². The highest BCUT2D eigenvalue weighted by atomic mass is 19.1. The molecule has 0 heterocycles. The number of nitrogens with one attached hydrogen (secondary N) is 3. The number of halogens is 1. The fourth-order valence-electron chi connectivity index (χ4n) is 1.99. The monoisotopic (exact) mass is 346 g/mol. The number of nitro benzene ring substituents is 1. The molecule has 0 fully saturated rings. The number of carbonyl (C=O) groups is 2. The largest absolute Gasteiger partial charge is 0.329 e. The highest BCUT2D eigenvalue weighted by molar-refractivity contribution is 5.97. The molecule has 0 atom stereocenters. The lowest BCUT2D eigenvalue weighted by Crippen LogP contribution is -2.35. The Bertz CT molecular complexity index is 826. The molecule has 0 unspecified atom stereocenters. The van der Waals surface area contributed by atoms with Gasteiger partial charge in [-0.25, -0.2) is 4.79 Å². The summed E-state index contributed by atoms with van der Waals surface area (Å²) in [6.45, 7) is 1.52. The molecule has 0 radical (unpaired) electrons. The molecule has 0 saturated heterocycles. The summed E-state index contributed by atoms with van der Waals surface area (Å²) in [6.07, 6.45) is 0. The second-order valence-corrected chi connectivity index (χ2v) is 5.15. The summed E-state index contributed by atoms with van der Waals surface area (Å²) < 4.78 is 13.2. The van der Waals surface area contributed by atoms with Crippen LogP contribution in [0.15, 0.2) is 42.5 Å². The van der Waals surface area contributed by atoms with E-state index >= 15 is 0 Å². The quantitative estimate of drug-likeness (QED) is 0.570. The molecule has 0 aliphatic rings. The normalized spacial score (nSPS) is 10.0. The number of carbonyl (C=O) groups excluding carboxylic acids is 2. The first-order chi connectivity index (χ1) is 11.8. The Morgan fingerprint density at radius 3 is 2.52 bits per heavy atom. The summed E-state index contributed by atoms with van der Waals surface area (Å²) in [4.78, 5) is 33.3. The van der Waals surface area contributed by atoms with Crippen molar-refractivity contribution in [1.29, 1.82) is 0 Å². The molecule has 0 saturated carbocycles. The molecular formula is C16H15FN4O4. The number of anilines is 2. The predicted octanol–water partition coefficient (Wildman–Crippen LogP) is 2.80. The molecule has 25 heavy (non-hydrogen) atoms. The molecule has 0 aromatic heterocycles. The van der Waals surface area contributed by atoms with Crippen LogP contribution in [-0.2, 0) is 4.79 Å². The van der Waals surface area contributed by atoms with Gasteiger partial charge in [0.15, 0.2) is 0 Å². The first-order valence-corrected chi connectivity index (χ1v) is 7.20. The molecule has 130 valence electrons. The van der Waals surface area contributed by atoms with Crippen LogP contribution in [0, 0.1) is 22.9 Å². The van der Waals surface area contributed by atoms with E-state index in [0.29, 0.717) is 5.69 Å². The Morgan fingerprint density at radius 2 is 1.84 bits per heavy atom. The third-order valence-electron chi connectivity index (χ3n) is 3.11. The first kappa shape index (κ1) is 17.9. The minimum atomic E-state index is -1.00. The number of aryl methyl sites for hydroxylation is 1. The molecular weight excluding hydrogens is 331 g/mol. The van der Waals surface area contributed by atoms with Crippen molar-refractivity contribution >= 4 is 29.0 Å². The summed E-state index contributed by atoms with van der Waals surface area (Å²) >= 11 is 0. The number of nitro groups is 1. The van der Waals surface area contributed by atoms with Crippen molar-refractivity contribution in [1.82, 2.24) is 5.32 Å². The van der Waals surface area contributed by atoms with Crippen LogP contribution in [-0.4, -0.2) is 23.4 Å². The van der Waals surface area contributed by atoms with Gasteiger partial charge in [0.05, 0.1) is 11.5 Å². The molecule has 0 aliphatic heterocycles. The van der Waals surface area contributed by atoms with Crippen LogP contribution >= 0.6 is 0 Å². The van der Waals surface area contributed by atoms with Gasteiger partial charge >= 0.3 is 11.7 Å². The fraction of sp³-hybridized carbons (Fsp3) is 0.125. The molecule has 8 nitrogen and oxygen atoms in total. The summed E-state index contributed by atoms with van der Waals surface area (Å²) in [6, 6.07) is 9.50.